The molecule has 3 aromatic rings. The normalized spacial score (nSPS) is 21.6. The van der Waals surface area contributed by atoms with E-state index >= 15 is 0 Å². The number of hydrogen-bond acceptors (Lipinski definition) is 4. The number of rotatable bonds is 5. The first-order valence-electron chi connectivity index (χ1n) is 9.65. The number of fused-ring (bicyclic) bond motifs is 1. The number of alkyl halides is 1. The van der Waals surface area contributed by atoms with Gasteiger partial charge in [-0.1, -0.05) is 36.4 Å². The van der Waals surface area contributed by atoms with E-state index in [2.05, 4.69) is 4.98 Å². The van der Waals surface area contributed by atoms with Gasteiger partial charge in [-0.3, -0.25) is 4.79 Å². The lowest BCUT2D eigenvalue weighted by molar-refractivity contribution is -0.120. The second-order valence-electron chi connectivity index (χ2n) is 7.52. The molecule has 152 valence electrons. The fourth-order valence-electron chi connectivity index (χ4n) is 4.28. The van der Waals surface area contributed by atoms with Gasteiger partial charge in [-0.15, -0.1) is 11.6 Å². The number of methoxy groups -OCH3 is 1. The predicted molar refractivity (Wildman–Crippen MR) is 113 cm³/mol. The number of anilines is 1. The van der Waals surface area contributed by atoms with Crippen molar-refractivity contribution < 1.29 is 13.9 Å². The van der Waals surface area contributed by atoms with Crippen molar-refractivity contribution in [3.63, 3.8) is 0 Å². The number of ether oxygens (including phenoxy) is 1. The van der Waals surface area contributed by atoms with Crippen molar-refractivity contribution in [1.82, 2.24) is 4.98 Å². The monoisotopic (exact) mass is 423 g/mol. The van der Waals surface area contributed by atoms with Crippen LogP contribution < -0.4 is 15.4 Å². The summed E-state index contributed by atoms with van der Waals surface area (Å²) in [5.74, 6) is 0.323. The number of benzene rings is 2. The summed E-state index contributed by atoms with van der Waals surface area (Å²) >= 11 is 6.99. The van der Waals surface area contributed by atoms with Gasteiger partial charge in [-0.2, -0.15) is 0 Å². The lowest BCUT2D eigenvalue weighted by Crippen LogP contribution is -2.55. The highest BCUT2D eigenvalue weighted by Crippen LogP contribution is 2.64. The Morgan fingerprint density at radius 2 is 2.03 bits per heavy atom. The number of hydrogen-bond donors (Lipinski definition) is 1. The minimum absolute atomic E-state index is 0.335. The Morgan fingerprint density at radius 3 is 2.60 bits per heavy atom. The number of amides is 1. The van der Waals surface area contributed by atoms with Crippen LogP contribution in [-0.4, -0.2) is 30.6 Å². The molecular formula is C23H19ClFN3O2. The molecule has 0 spiro atoms. The van der Waals surface area contributed by atoms with Crippen LogP contribution in [0.15, 0.2) is 54.7 Å². The Morgan fingerprint density at radius 1 is 1.27 bits per heavy atom. The summed E-state index contributed by atoms with van der Waals surface area (Å²) in [6.07, 6.45) is 2.36. The summed E-state index contributed by atoms with van der Waals surface area (Å²) in [7, 11) is 1.52. The van der Waals surface area contributed by atoms with Gasteiger partial charge in [0.15, 0.2) is 0 Å². The second-order valence-corrected chi connectivity index (χ2v) is 8.08. The molecule has 1 fully saturated rings. The van der Waals surface area contributed by atoms with Crippen LogP contribution in [0.3, 0.4) is 0 Å². The van der Waals surface area contributed by atoms with Crippen molar-refractivity contribution in [2.24, 2.45) is 5.73 Å². The molecule has 1 aliphatic heterocycles. The molecule has 7 heteroatoms. The maximum atomic E-state index is 14.9. The first-order chi connectivity index (χ1) is 14.5. The number of nitrogens with zero attached hydrogens (tertiary/aromatic N) is 2. The van der Waals surface area contributed by atoms with E-state index in [4.69, 9.17) is 22.1 Å². The van der Waals surface area contributed by atoms with Gasteiger partial charge in [-0.05, 0) is 18.1 Å². The van der Waals surface area contributed by atoms with Crippen molar-refractivity contribution >= 4 is 23.3 Å². The molecule has 5 rings (SSSR count). The highest BCUT2D eigenvalue weighted by Gasteiger charge is 2.56. The molecule has 1 amide bonds. The summed E-state index contributed by atoms with van der Waals surface area (Å²) in [6.45, 7) is 0.718. The SMILES string of the molecule is COc1cc(F)c2c(c1-c1ccccc1)[C@@]2(Cl)c1ccc(N2CCC2C(N)=O)nc1. The quantitative estimate of drug-likeness (QED) is 0.634. The van der Waals surface area contributed by atoms with Crippen molar-refractivity contribution in [3.8, 4) is 16.9 Å². The second kappa shape index (κ2) is 6.71. The summed E-state index contributed by atoms with van der Waals surface area (Å²) in [5, 5.41) is 0. The van der Waals surface area contributed by atoms with Crippen LogP contribution in [-0.2, 0) is 9.67 Å². The average molecular weight is 424 g/mol. The van der Waals surface area contributed by atoms with Crippen molar-refractivity contribution in [2.45, 2.75) is 17.3 Å². The third kappa shape index (κ3) is 2.60. The van der Waals surface area contributed by atoms with E-state index in [1.54, 1.807) is 12.3 Å². The van der Waals surface area contributed by atoms with Crippen molar-refractivity contribution in [2.75, 3.05) is 18.6 Å². The summed E-state index contributed by atoms with van der Waals surface area (Å²) in [5.41, 5.74) is 8.92. The maximum Gasteiger partial charge on any atom is 0.240 e. The van der Waals surface area contributed by atoms with Crippen molar-refractivity contribution in [3.05, 3.63) is 77.2 Å². The van der Waals surface area contributed by atoms with Crippen molar-refractivity contribution in [1.29, 1.82) is 0 Å². The minimum atomic E-state index is -1.10. The maximum absolute atomic E-state index is 14.9. The topological polar surface area (TPSA) is 68.5 Å². The molecule has 0 bridgehead atoms. The fraction of sp³-hybridized carbons (Fsp3) is 0.217. The molecule has 0 saturated carbocycles. The van der Waals surface area contributed by atoms with Gasteiger partial charge in [0.2, 0.25) is 5.91 Å². The van der Waals surface area contributed by atoms with Crippen LogP contribution in [0.5, 0.6) is 5.75 Å². The number of carbonyl (C=O) groups is 1. The zero-order valence-electron chi connectivity index (χ0n) is 16.2. The molecule has 0 radical (unpaired) electrons. The molecule has 2 aliphatic rings. The van der Waals surface area contributed by atoms with E-state index in [-0.39, 0.29) is 11.9 Å². The van der Waals surface area contributed by atoms with Gasteiger partial charge < -0.3 is 15.4 Å². The number of nitrogens with two attached hydrogens (primary N) is 1. The van der Waals surface area contributed by atoms with Gasteiger partial charge in [0.25, 0.3) is 0 Å². The first-order valence-corrected chi connectivity index (χ1v) is 10.0. The lowest BCUT2D eigenvalue weighted by atomic mass is 10.0. The standard InChI is InChI=1S/C23H19ClFN3O2/c1-30-17-11-15(25)20-21(19(17)13-5-3-2-4-6-13)23(20,24)14-7-8-18(27-12-14)28-10-9-16(28)22(26)29/h2-8,11-12,16H,9-10H2,1H3,(H2,26,29)/t16?,23-/m1/s1. The summed E-state index contributed by atoms with van der Waals surface area (Å²) < 4.78 is 20.3. The molecule has 5 nitrogen and oxygen atoms in total. The van der Waals surface area contributed by atoms with Gasteiger partial charge >= 0.3 is 0 Å². The highest BCUT2D eigenvalue weighted by atomic mass is 35.5. The molecule has 1 aromatic heterocycles. The zero-order valence-corrected chi connectivity index (χ0v) is 17.0. The summed E-state index contributed by atoms with van der Waals surface area (Å²) in [6, 6.07) is 14.3. The van der Waals surface area contributed by atoms with Crippen LogP contribution in [0.2, 0.25) is 0 Å². The Labute approximate surface area is 178 Å². The molecule has 1 unspecified atom stereocenters. The minimum Gasteiger partial charge on any atom is -0.496 e. The zero-order chi connectivity index (χ0) is 21.0. The van der Waals surface area contributed by atoms with Gasteiger partial charge in [-0.25, -0.2) is 9.37 Å². The van der Waals surface area contributed by atoms with Gasteiger partial charge in [0, 0.05) is 41.1 Å². The van der Waals surface area contributed by atoms with E-state index in [9.17, 15) is 9.18 Å². The third-order valence-electron chi connectivity index (χ3n) is 5.94. The Hall–Kier alpha value is -3.12. The number of carbonyl (C=O) groups excluding carboxylic acids is 1. The number of pyridine rings is 1. The third-order valence-corrected chi connectivity index (χ3v) is 6.54. The van der Waals surface area contributed by atoms with Crippen LogP contribution in [0.1, 0.15) is 23.1 Å². The fourth-order valence-corrected chi connectivity index (χ4v) is 4.72. The Bertz CT molecular complexity index is 1150. The molecule has 1 saturated heterocycles. The largest absolute Gasteiger partial charge is 0.496 e. The summed E-state index contributed by atoms with van der Waals surface area (Å²) in [4.78, 5) is 16.7. The highest BCUT2D eigenvalue weighted by molar-refractivity contribution is 6.33. The van der Waals surface area contributed by atoms with Crippen LogP contribution >= 0.6 is 11.6 Å². The Balaban J connectivity index is 1.55. The van der Waals surface area contributed by atoms with Crippen LogP contribution in [0.4, 0.5) is 10.2 Å². The lowest BCUT2D eigenvalue weighted by Gasteiger charge is -2.39. The molecule has 2 heterocycles. The van der Waals surface area contributed by atoms with Crippen LogP contribution in [0.25, 0.3) is 11.1 Å². The molecule has 1 aliphatic carbocycles. The number of aromatic nitrogens is 1. The molecule has 30 heavy (non-hydrogen) atoms. The smallest absolute Gasteiger partial charge is 0.240 e. The predicted octanol–water partition coefficient (Wildman–Crippen LogP) is 3.80. The van der Waals surface area contributed by atoms with E-state index in [0.29, 0.717) is 28.3 Å². The van der Waals surface area contributed by atoms with Gasteiger partial charge in [0.1, 0.15) is 28.3 Å². The van der Waals surface area contributed by atoms with E-state index < -0.39 is 10.7 Å². The molecule has 2 N–H and O–H groups in total. The average Bonchev–Trinajstić information content (AvgIpc) is 3.35. The molecule has 2 atom stereocenters. The molecule has 2 aromatic carbocycles. The first kappa shape index (κ1) is 18.9. The number of primary amides is 1. The van der Waals surface area contributed by atoms with E-state index in [1.165, 1.54) is 13.2 Å². The van der Waals surface area contributed by atoms with E-state index in [0.717, 1.165) is 24.1 Å². The van der Waals surface area contributed by atoms with Gasteiger partial charge in [0.05, 0.1) is 7.11 Å². The van der Waals surface area contributed by atoms with Crippen LogP contribution in [0, 0.1) is 5.82 Å². The number of halogens is 2. The van der Waals surface area contributed by atoms with E-state index in [1.807, 2.05) is 41.3 Å². The Kier molecular flexibility index (Phi) is 4.22. The molecular weight excluding hydrogens is 405 g/mol.